The largest absolute Gasteiger partial charge is 0.465 e. The third-order valence-corrected chi connectivity index (χ3v) is 13.0. The lowest BCUT2D eigenvalue weighted by molar-refractivity contribution is -0.142. The number of rotatable bonds is 7. The molecule has 48 heavy (non-hydrogen) atoms. The maximum Gasteiger partial charge on any atom is 0.274 e. The molecule has 2 aromatic carbocycles. The summed E-state index contributed by atoms with van der Waals surface area (Å²) < 4.78 is 49.3. The van der Waals surface area contributed by atoms with Crippen LogP contribution in [0.25, 0.3) is 10.2 Å². The molecule has 9 nitrogen and oxygen atoms in total. The summed E-state index contributed by atoms with van der Waals surface area (Å²) in [6.45, 7) is 0.170. The van der Waals surface area contributed by atoms with Crippen LogP contribution in [0.4, 0.5) is 4.39 Å². The molecular formula is C36H40FN3O6S2. The smallest absolute Gasteiger partial charge is 0.274 e. The zero-order chi connectivity index (χ0) is 33.5. The minimum Gasteiger partial charge on any atom is -0.465 e. The second-order valence-corrected chi connectivity index (χ2v) is 16.8. The predicted molar refractivity (Wildman–Crippen MR) is 180 cm³/mol. The van der Waals surface area contributed by atoms with Gasteiger partial charge >= 0.3 is 0 Å². The van der Waals surface area contributed by atoms with E-state index in [0.717, 1.165) is 35.9 Å². The first kappa shape index (κ1) is 32.9. The number of hydrogen-bond donors (Lipinski definition) is 1. The molecule has 254 valence electrons. The molecule has 1 saturated heterocycles. The summed E-state index contributed by atoms with van der Waals surface area (Å²) in [5, 5.41) is -0.115. The first-order valence-electron chi connectivity index (χ1n) is 16.9. The lowest BCUT2D eigenvalue weighted by atomic mass is 9.90. The fourth-order valence-electron chi connectivity index (χ4n) is 7.31. The van der Waals surface area contributed by atoms with Gasteiger partial charge in [-0.25, -0.2) is 17.8 Å². The number of carbonyl (C=O) groups excluding carboxylic acids is 3. The van der Waals surface area contributed by atoms with Gasteiger partial charge in [-0.1, -0.05) is 60.6 Å². The number of carbonyl (C=O) groups is 3. The van der Waals surface area contributed by atoms with Crippen molar-refractivity contribution in [3.8, 4) is 5.19 Å². The van der Waals surface area contributed by atoms with Crippen molar-refractivity contribution in [2.75, 3.05) is 6.54 Å². The Hall–Kier alpha value is -3.64. The van der Waals surface area contributed by atoms with Crippen LogP contribution in [0, 0.1) is 23.1 Å². The molecule has 2 aliphatic carbocycles. The molecule has 2 saturated carbocycles. The summed E-state index contributed by atoms with van der Waals surface area (Å²) in [5.74, 6) is -2.21. The van der Waals surface area contributed by atoms with Crippen LogP contribution in [-0.2, 0) is 30.8 Å². The molecule has 4 aliphatic rings. The Morgan fingerprint density at radius 1 is 1.08 bits per heavy atom. The van der Waals surface area contributed by atoms with Crippen molar-refractivity contribution in [2.24, 2.45) is 17.3 Å². The maximum absolute atomic E-state index is 14.5. The van der Waals surface area contributed by atoms with Gasteiger partial charge in [-0.05, 0) is 80.7 Å². The van der Waals surface area contributed by atoms with E-state index in [2.05, 4.69) is 9.71 Å². The molecule has 0 radical (unpaired) electrons. The number of aromatic nitrogens is 1. The molecule has 7 rings (SSSR count). The summed E-state index contributed by atoms with van der Waals surface area (Å²) in [4.78, 5) is 48.6. The fourth-order valence-corrected chi connectivity index (χ4v) is 9.58. The molecule has 0 bridgehead atoms. The van der Waals surface area contributed by atoms with Crippen molar-refractivity contribution in [2.45, 2.75) is 88.0 Å². The Balaban J connectivity index is 1.18. The average molecular weight is 694 g/mol. The average Bonchev–Trinajstić information content (AvgIpc) is 3.94. The number of para-hydroxylation sites is 1. The van der Waals surface area contributed by atoms with Gasteiger partial charge in [0.2, 0.25) is 21.8 Å². The second kappa shape index (κ2) is 13.3. The molecule has 2 aliphatic heterocycles. The van der Waals surface area contributed by atoms with E-state index in [9.17, 15) is 27.2 Å². The summed E-state index contributed by atoms with van der Waals surface area (Å²) in [6, 6.07) is 13.1. The molecule has 3 heterocycles. The minimum absolute atomic E-state index is 0.170. The van der Waals surface area contributed by atoms with E-state index < -0.39 is 44.7 Å². The normalized spacial score (nSPS) is 29.0. The molecule has 5 atom stereocenters. The van der Waals surface area contributed by atoms with E-state index in [-0.39, 0.29) is 42.8 Å². The van der Waals surface area contributed by atoms with E-state index in [0.29, 0.717) is 42.9 Å². The van der Waals surface area contributed by atoms with Crippen LogP contribution in [0.5, 0.6) is 5.19 Å². The van der Waals surface area contributed by atoms with Crippen molar-refractivity contribution >= 4 is 49.2 Å². The van der Waals surface area contributed by atoms with E-state index in [1.54, 1.807) is 11.0 Å². The number of hydrogen-bond acceptors (Lipinski definition) is 8. The number of nitrogens with one attached hydrogen (secondary N) is 1. The maximum atomic E-state index is 14.5. The summed E-state index contributed by atoms with van der Waals surface area (Å²) in [6.07, 6.45) is 9.22. The van der Waals surface area contributed by atoms with Gasteiger partial charge in [0.15, 0.2) is 5.78 Å². The zero-order valence-corrected chi connectivity index (χ0v) is 28.3. The van der Waals surface area contributed by atoms with Crippen molar-refractivity contribution in [1.29, 1.82) is 0 Å². The van der Waals surface area contributed by atoms with Crippen molar-refractivity contribution in [3.05, 3.63) is 72.1 Å². The van der Waals surface area contributed by atoms with Crippen LogP contribution in [0.1, 0.15) is 69.8 Å². The Labute approximate surface area is 284 Å². The molecular weight excluding hydrogens is 654 g/mol. The Bertz CT molecular complexity index is 1820. The number of amides is 2. The third-order valence-electron chi connectivity index (χ3n) is 10.2. The second-order valence-electron chi connectivity index (χ2n) is 13.8. The number of fused-ring (bicyclic) bond motifs is 3. The van der Waals surface area contributed by atoms with Gasteiger partial charge in [0.25, 0.3) is 5.19 Å². The Morgan fingerprint density at radius 2 is 1.92 bits per heavy atom. The minimum atomic E-state index is -3.80. The van der Waals surface area contributed by atoms with E-state index in [4.69, 9.17) is 4.74 Å². The quantitative estimate of drug-likeness (QED) is 0.314. The first-order chi connectivity index (χ1) is 23.1. The molecule has 2 amide bonds. The van der Waals surface area contributed by atoms with Crippen LogP contribution < -0.4 is 9.46 Å². The number of halogens is 1. The molecule has 12 heteroatoms. The van der Waals surface area contributed by atoms with E-state index in [1.807, 2.05) is 42.5 Å². The number of thiazole rings is 1. The van der Waals surface area contributed by atoms with Gasteiger partial charge in [0.1, 0.15) is 11.9 Å². The highest BCUT2D eigenvalue weighted by molar-refractivity contribution is 7.90. The first-order valence-corrected chi connectivity index (χ1v) is 19.3. The van der Waals surface area contributed by atoms with Crippen LogP contribution in [0.15, 0.2) is 60.7 Å². The predicted octanol–water partition coefficient (Wildman–Crippen LogP) is 5.74. The molecule has 3 aromatic rings. The van der Waals surface area contributed by atoms with Gasteiger partial charge in [-0.15, -0.1) is 0 Å². The summed E-state index contributed by atoms with van der Waals surface area (Å²) >= 11 is 1.40. The van der Waals surface area contributed by atoms with Gasteiger partial charge in [0.05, 0.1) is 33.5 Å². The SMILES string of the molecule is O=C1C[C@]2(C(=O)NS(=O)(=O)C3CC3)C[C@@H]2/C=C\CCCCC[C@H](Cc2cccc(F)c2)C(=O)N2C[C@H](Oc3nc4ccccc4s3)C[C@@H]12. The molecule has 0 unspecified atom stereocenters. The lowest BCUT2D eigenvalue weighted by Gasteiger charge is -2.29. The number of ketones is 1. The molecule has 1 N–H and O–H groups in total. The van der Waals surface area contributed by atoms with E-state index >= 15 is 0 Å². The highest BCUT2D eigenvalue weighted by atomic mass is 32.2. The number of Topliss-reactive ketones (excluding diaryl/α,β-unsaturated/α-hetero) is 1. The van der Waals surface area contributed by atoms with Gasteiger partial charge in [0, 0.05) is 18.8 Å². The van der Waals surface area contributed by atoms with Crippen molar-refractivity contribution in [3.63, 3.8) is 0 Å². The van der Waals surface area contributed by atoms with Gasteiger partial charge in [-0.3, -0.25) is 19.1 Å². The van der Waals surface area contributed by atoms with Gasteiger partial charge in [-0.2, -0.15) is 0 Å². The van der Waals surface area contributed by atoms with E-state index in [1.165, 1.54) is 23.5 Å². The third kappa shape index (κ3) is 7.05. The number of nitrogens with zero attached hydrogens (tertiary/aromatic N) is 2. The molecule has 3 fully saturated rings. The summed E-state index contributed by atoms with van der Waals surface area (Å²) in [7, 11) is -3.80. The Kier molecular flexibility index (Phi) is 9.14. The van der Waals surface area contributed by atoms with Gasteiger partial charge < -0.3 is 9.64 Å². The highest BCUT2D eigenvalue weighted by Gasteiger charge is 2.61. The topological polar surface area (TPSA) is 123 Å². The molecule has 1 aromatic heterocycles. The number of sulfonamides is 1. The number of allylic oxidation sites excluding steroid dienone is 2. The lowest BCUT2D eigenvalue weighted by Crippen LogP contribution is -2.46. The van der Waals surface area contributed by atoms with Crippen molar-refractivity contribution < 1.29 is 31.9 Å². The number of benzene rings is 2. The zero-order valence-electron chi connectivity index (χ0n) is 26.7. The Morgan fingerprint density at radius 3 is 2.71 bits per heavy atom. The standard InChI is InChI=1S/C36H40FN3O6S2/c37-26-12-8-9-23(18-26)17-24-10-4-2-1-3-5-11-25-20-36(25,34(43)39-48(44,45)28-15-16-28)21-31(41)30-19-27(22-40(30)33(24)42)46-35-38-29-13-6-7-14-32(29)47-35/h5-9,11-14,18,24-25,27-28,30H,1-4,10,15-17,19-22H2,(H,39,43)/b11-5-/t24-,25+,27-,30+,36-/m1/s1. The van der Waals surface area contributed by atoms with Crippen molar-refractivity contribution in [1.82, 2.24) is 14.6 Å². The van der Waals surface area contributed by atoms with Crippen LogP contribution >= 0.6 is 11.3 Å². The van der Waals surface area contributed by atoms with Crippen LogP contribution in [0.3, 0.4) is 0 Å². The van der Waals surface area contributed by atoms with Crippen LogP contribution in [-0.4, -0.2) is 59.8 Å². The van der Waals surface area contributed by atoms with Crippen LogP contribution in [0.2, 0.25) is 0 Å². The fraction of sp³-hybridized carbons (Fsp3) is 0.500. The monoisotopic (exact) mass is 693 g/mol. The molecule has 0 spiro atoms. The summed E-state index contributed by atoms with van der Waals surface area (Å²) in [5.41, 5.74) is 0.332. The highest BCUT2D eigenvalue weighted by Crippen LogP contribution is 2.57. The number of ether oxygens (including phenoxy) is 1.